The van der Waals surface area contributed by atoms with Gasteiger partial charge in [0.1, 0.15) is 6.10 Å². The van der Waals surface area contributed by atoms with Gasteiger partial charge in [0.15, 0.2) is 6.29 Å². The molecule has 0 N–H and O–H groups in total. The highest BCUT2D eigenvalue weighted by atomic mass is 16.7. The van der Waals surface area contributed by atoms with E-state index in [-0.39, 0.29) is 12.4 Å². The highest BCUT2D eigenvalue weighted by molar-refractivity contribution is 4.84. The molecule has 0 radical (unpaired) electrons. The van der Waals surface area contributed by atoms with E-state index in [9.17, 15) is 0 Å². The molecular weight excluding hydrogens is 360 g/mol. The summed E-state index contributed by atoms with van der Waals surface area (Å²) in [6, 6.07) is 0. The molecular formula is C26H50O3. The molecule has 1 aliphatic heterocycles. The Labute approximate surface area is 182 Å². The Morgan fingerprint density at radius 1 is 0.759 bits per heavy atom. The van der Waals surface area contributed by atoms with Crippen molar-refractivity contribution in [1.82, 2.24) is 0 Å². The van der Waals surface area contributed by atoms with Gasteiger partial charge in [0.2, 0.25) is 0 Å². The minimum Gasteiger partial charge on any atom is -0.491 e. The number of rotatable bonds is 19. The Morgan fingerprint density at radius 2 is 1.17 bits per heavy atom. The second kappa shape index (κ2) is 18.2. The van der Waals surface area contributed by atoms with Crippen LogP contribution in [0.2, 0.25) is 0 Å². The summed E-state index contributed by atoms with van der Waals surface area (Å²) in [4.78, 5) is 0. The lowest BCUT2D eigenvalue weighted by Gasteiger charge is -2.32. The van der Waals surface area contributed by atoms with Crippen molar-refractivity contribution in [2.24, 2.45) is 5.92 Å². The monoisotopic (exact) mass is 410 g/mol. The van der Waals surface area contributed by atoms with E-state index in [1.165, 1.54) is 96.3 Å². The normalized spacial score (nSPS) is 19.6. The van der Waals surface area contributed by atoms with Crippen LogP contribution in [0, 0.1) is 5.92 Å². The fourth-order valence-corrected chi connectivity index (χ4v) is 3.94. The molecule has 3 nitrogen and oxygen atoms in total. The molecule has 0 atom stereocenters. The molecule has 1 rings (SSSR count). The van der Waals surface area contributed by atoms with Gasteiger partial charge < -0.3 is 14.2 Å². The topological polar surface area (TPSA) is 27.7 Å². The first-order valence-corrected chi connectivity index (χ1v) is 12.7. The number of unbranched alkanes of at least 4 members (excludes halogenated alkanes) is 14. The summed E-state index contributed by atoms with van der Waals surface area (Å²) < 4.78 is 17.3. The molecule has 0 amide bonds. The van der Waals surface area contributed by atoms with Crippen molar-refractivity contribution in [3.05, 3.63) is 12.3 Å². The number of hydrogen-bond donors (Lipinski definition) is 0. The van der Waals surface area contributed by atoms with Gasteiger partial charge in [-0.15, -0.1) is 0 Å². The Bertz CT molecular complexity index is 372. The third-order valence-corrected chi connectivity index (χ3v) is 5.83. The molecule has 1 fully saturated rings. The highest BCUT2D eigenvalue weighted by Gasteiger charge is 2.25. The van der Waals surface area contributed by atoms with E-state index in [1.54, 1.807) is 0 Å². The van der Waals surface area contributed by atoms with Crippen LogP contribution in [0.25, 0.3) is 0 Å². The van der Waals surface area contributed by atoms with Crippen molar-refractivity contribution in [3.63, 3.8) is 0 Å². The van der Waals surface area contributed by atoms with E-state index in [0.29, 0.717) is 19.1 Å². The lowest BCUT2D eigenvalue weighted by Crippen LogP contribution is -2.39. The van der Waals surface area contributed by atoms with Crippen molar-refractivity contribution < 1.29 is 14.2 Å². The van der Waals surface area contributed by atoms with E-state index in [1.807, 2.05) is 0 Å². The van der Waals surface area contributed by atoms with E-state index < -0.39 is 0 Å². The Kier molecular flexibility index (Phi) is 16.7. The summed E-state index contributed by atoms with van der Waals surface area (Å²) >= 11 is 0. The van der Waals surface area contributed by atoms with E-state index >= 15 is 0 Å². The van der Waals surface area contributed by atoms with Crippen molar-refractivity contribution >= 4 is 0 Å². The first kappa shape index (κ1) is 26.5. The summed E-state index contributed by atoms with van der Waals surface area (Å²) in [5.74, 6) is 1.28. The minimum atomic E-state index is -0.0846. The number of allylic oxidation sites excluding steroid dienone is 1. The first-order valence-electron chi connectivity index (χ1n) is 12.7. The zero-order valence-electron chi connectivity index (χ0n) is 19.9. The standard InChI is InChI=1S/C26H50O3/c1-5-6-7-8-9-10-11-12-13-14-15-16-17-18-19-20-24(4)29-25-21-27-26(23(2)3)28-22-25/h23,25-26H,4-22H2,1-3H3. The molecule has 0 unspecified atom stereocenters. The first-order chi connectivity index (χ1) is 14.1. The predicted octanol–water partition coefficient (Wildman–Crippen LogP) is 8.18. The van der Waals surface area contributed by atoms with Crippen molar-refractivity contribution in [2.75, 3.05) is 13.2 Å². The molecule has 0 spiro atoms. The van der Waals surface area contributed by atoms with Gasteiger partial charge in [0.25, 0.3) is 0 Å². The summed E-state index contributed by atoms with van der Waals surface area (Å²) in [6.07, 6.45) is 21.8. The highest BCUT2D eigenvalue weighted by Crippen LogP contribution is 2.19. The Morgan fingerprint density at radius 3 is 1.59 bits per heavy atom. The zero-order chi connectivity index (χ0) is 21.2. The van der Waals surface area contributed by atoms with Gasteiger partial charge in [-0.3, -0.25) is 0 Å². The average molecular weight is 411 g/mol. The molecule has 0 saturated carbocycles. The van der Waals surface area contributed by atoms with Gasteiger partial charge in [0, 0.05) is 12.3 Å². The van der Waals surface area contributed by atoms with Gasteiger partial charge >= 0.3 is 0 Å². The lowest BCUT2D eigenvalue weighted by atomic mass is 10.0. The summed E-state index contributed by atoms with van der Waals surface area (Å²) in [7, 11) is 0. The fraction of sp³-hybridized carbons (Fsp3) is 0.923. The van der Waals surface area contributed by atoms with Crippen LogP contribution >= 0.6 is 0 Å². The molecule has 172 valence electrons. The smallest absolute Gasteiger partial charge is 0.160 e. The molecule has 29 heavy (non-hydrogen) atoms. The van der Waals surface area contributed by atoms with Crippen molar-refractivity contribution in [2.45, 2.75) is 136 Å². The van der Waals surface area contributed by atoms with Crippen molar-refractivity contribution in [1.29, 1.82) is 0 Å². The minimum absolute atomic E-state index is 0.00819. The lowest BCUT2D eigenvalue weighted by molar-refractivity contribution is -0.235. The van der Waals surface area contributed by atoms with Crippen LogP contribution in [0.3, 0.4) is 0 Å². The molecule has 0 aromatic carbocycles. The number of hydrogen-bond acceptors (Lipinski definition) is 3. The van der Waals surface area contributed by atoms with Crippen LogP contribution < -0.4 is 0 Å². The molecule has 0 bridgehead atoms. The van der Waals surface area contributed by atoms with Gasteiger partial charge in [-0.1, -0.05) is 117 Å². The summed E-state index contributed by atoms with van der Waals surface area (Å²) in [5, 5.41) is 0. The predicted molar refractivity (Wildman–Crippen MR) is 124 cm³/mol. The third-order valence-electron chi connectivity index (χ3n) is 5.83. The molecule has 1 saturated heterocycles. The van der Waals surface area contributed by atoms with E-state index in [2.05, 4.69) is 27.4 Å². The zero-order valence-corrected chi connectivity index (χ0v) is 19.9. The second-order valence-corrected chi connectivity index (χ2v) is 9.26. The van der Waals surface area contributed by atoms with Crippen molar-refractivity contribution in [3.8, 4) is 0 Å². The maximum Gasteiger partial charge on any atom is 0.160 e. The molecule has 1 aliphatic rings. The van der Waals surface area contributed by atoms with Gasteiger partial charge in [-0.05, 0) is 6.42 Å². The molecule has 0 aromatic heterocycles. The molecule has 0 aliphatic carbocycles. The quantitative estimate of drug-likeness (QED) is 0.159. The second-order valence-electron chi connectivity index (χ2n) is 9.26. The SMILES string of the molecule is C=C(CCCCCCCCCCCCCCCCC)OC1COC(C(C)C)OC1. The number of ether oxygens (including phenoxy) is 3. The summed E-state index contributed by atoms with van der Waals surface area (Å²) in [5.41, 5.74) is 0. The van der Waals surface area contributed by atoms with Gasteiger partial charge in [-0.25, -0.2) is 0 Å². The van der Waals surface area contributed by atoms with E-state index in [4.69, 9.17) is 14.2 Å². The Balaban J connectivity index is 1.80. The fourth-order valence-electron chi connectivity index (χ4n) is 3.94. The van der Waals surface area contributed by atoms with Crippen LogP contribution in [0.4, 0.5) is 0 Å². The largest absolute Gasteiger partial charge is 0.491 e. The van der Waals surface area contributed by atoms with Crippen LogP contribution in [-0.2, 0) is 14.2 Å². The summed E-state index contributed by atoms with van der Waals surface area (Å²) in [6.45, 7) is 11.8. The maximum atomic E-state index is 5.89. The van der Waals surface area contributed by atoms with Crippen LogP contribution in [0.1, 0.15) is 124 Å². The molecule has 1 heterocycles. The maximum absolute atomic E-state index is 5.89. The molecule has 3 heteroatoms. The third kappa shape index (κ3) is 15.0. The van der Waals surface area contributed by atoms with Crippen LogP contribution in [0.15, 0.2) is 12.3 Å². The Hall–Kier alpha value is -0.540. The van der Waals surface area contributed by atoms with Gasteiger partial charge in [-0.2, -0.15) is 0 Å². The van der Waals surface area contributed by atoms with Crippen LogP contribution in [0.5, 0.6) is 0 Å². The van der Waals surface area contributed by atoms with Crippen LogP contribution in [-0.4, -0.2) is 25.6 Å². The van der Waals surface area contributed by atoms with Gasteiger partial charge in [0.05, 0.1) is 19.0 Å². The van der Waals surface area contributed by atoms with E-state index in [0.717, 1.165) is 12.2 Å². The molecule has 0 aromatic rings. The average Bonchev–Trinajstić information content (AvgIpc) is 2.71.